The Hall–Kier alpha value is -2.11. The van der Waals surface area contributed by atoms with Gasteiger partial charge in [0.25, 0.3) is 0 Å². The predicted octanol–water partition coefficient (Wildman–Crippen LogP) is 0.646. The van der Waals surface area contributed by atoms with E-state index < -0.39 is 10.8 Å². The molecule has 0 fully saturated rings. The molecule has 0 heterocycles. The van der Waals surface area contributed by atoms with Gasteiger partial charge in [-0.3, -0.25) is 14.9 Å². The lowest BCUT2D eigenvalue weighted by atomic mass is 10.1. The van der Waals surface area contributed by atoms with Crippen molar-refractivity contribution in [1.29, 1.82) is 0 Å². The number of amides is 1. The molecule has 3 N–H and O–H groups in total. The van der Waals surface area contributed by atoms with Gasteiger partial charge in [-0.1, -0.05) is 0 Å². The number of carbonyl (C=O) groups is 1. The zero-order chi connectivity index (χ0) is 12.1. The summed E-state index contributed by atoms with van der Waals surface area (Å²) in [6.07, 6.45) is 0.268. The number of nitrogens with one attached hydrogen (secondary N) is 1. The average Bonchev–Trinajstić information content (AvgIpc) is 2.25. The minimum absolute atomic E-state index is 0.170. The molecule has 1 aromatic carbocycles. The predicted molar refractivity (Wildman–Crippen MR) is 60.1 cm³/mol. The molecule has 0 aliphatic carbocycles. The standard InChI is InChI=1S/C10H13N3O3/c1-12-9-3-2-8(10(11)14)6-7(9)4-5-13(15)16/h2-3,6,12H,4-5H2,1H3,(H2,11,14). The number of nitro groups is 1. The van der Waals surface area contributed by atoms with Gasteiger partial charge in [-0.05, 0) is 23.8 Å². The van der Waals surface area contributed by atoms with Crippen LogP contribution in [-0.2, 0) is 6.42 Å². The molecule has 6 nitrogen and oxygen atoms in total. The van der Waals surface area contributed by atoms with Crippen LogP contribution in [0.3, 0.4) is 0 Å². The van der Waals surface area contributed by atoms with Gasteiger partial charge in [-0.2, -0.15) is 0 Å². The lowest BCUT2D eigenvalue weighted by Crippen LogP contribution is -2.13. The number of primary amides is 1. The summed E-state index contributed by atoms with van der Waals surface area (Å²) >= 11 is 0. The maximum absolute atomic E-state index is 11.0. The second-order valence-electron chi connectivity index (χ2n) is 3.29. The number of anilines is 1. The van der Waals surface area contributed by atoms with E-state index in [2.05, 4.69) is 5.32 Å². The topological polar surface area (TPSA) is 98.3 Å². The first-order valence-corrected chi connectivity index (χ1v) is 4.77. The molecule has 1 amide bonds. The molecule has 0 atom stereocenters. The number of nitrogens with zero attached hydrogens (tertiary/aromatic N) is 1. The van der Waals surface area contributed by atoms with Gasteiger partial charge >= 0.3 is 0 Å². The molecule has 0 aliphatic heterocycles. The first-order valence-electron chi connectivity index (χ1n) is 4.77. The molecule has 0 saturated carbocycles. The Morgan fingerprint density at radius 1 is 1.56 bits per heavy atom. The summed E-state index contributed by atoms with van der Waals surface area (Å²) in [6.45, 7) is -0.170. The van der Waals surface area contributed by atoms with Crippen LogP contribution in [0.25, 0.3) is 0 Å². The Morgan fingerprint density at radius 2 is 2.25 bits per heavy atom. The van der Waals surface area contributed by atoms with E-state index in [1.165, 1.54) is 0 Å². The van der Waals surface area contributed by atoms with Crippen LogP contribution in [0.5, 0.6) is 0 Å². The number of carbonyl (C=O) groups excluding carboxylic acids is 1. The summed E-state index contributed by atoms with van der Waals surface area (Å²) in [5.41, 5.74) is 6.98. The van der Waals surface area contributed by atoms with E-state index >= 15 is 0 Å². The molecule has 0 unspecified atom stereocenters. The molecular weight excluding hydrogens is 210 g/mol. The highest BCUT2D eigenvalue weighted by molar-refractivity contribution is 5.93. The Kier molecular flexibility index (Phi) is 3.82. The van der Waals surface area contributed by atoms with Gasteiger partial charge in [0, 0.05) is 29.6 Å². The summed E-state index contributed by atoms with van der Waals surface area (Å²) in [5, 5.41) is 13.2. The third-order valence-corrected chi connectivity index (χ3v) is 2.22. The van der Waals surface area contributed by atoms with Gasteiger partial charge in [0.15, 0.2) is 0 Å². The van der Waals surface area contributed by atoms with E-state index in [4.69, 9.17) is 5.73 Å². The third kappa shape index (κ3) is 2.94. The van der Waals surface area contributed by atoms with Gasteiger partial charge < -0.3 is 11.1 Å². The fraction of sp³-hybridized carbons (Fsp3) is 0.300. The van der Waals surface area contributed by atoms with Crippen molar-refractivity contribution in [3.63, 3.8) is 0 Å². The third-order valence-electron chi connectivity index (χ3n) is 2.22. The van der Waals surface area contributed by atoms with Crippen LogP contribution >= 0.6 is 0 Å². The van der Waals surface area contributed by atoms with E-state index in [-0.39, 0.29) is 13.0 Å². The van der Waals surface area contributed by atoms with Crippen molar-refractivity contribution in [2.75, 3.05) is 18.9 Å². The van der Waals surface area contributed by atoms with E-state index in [0.717, 1.165) is 11.3 Å². The second-order valence-corrected chi connectivity index (χ2v) is 3.29. The first kappa shape index (κ1) is 12.0. The van der Waals surface area contributed by atoms with Crippen molar-refractivity contribution in [1.82, 2.24) is 0 Å². The summed E-state index contributed by atoms with van der Waals surface area (Å²) in [4.78, 5) is 20.9. The first-order chi connectivity index (χ1) is 7.54. The van der Waals surface area contributed by atoms with Gasteiger partial charge in [0.1, 0.15) is 0 Å². The SMILES string of the molecule is CNc1ccc(C(N)=O)cc1CC[N+](=O)[O-]. The number of hydrogen-bond acceptors (Lipinski definition) is 4. The Balaban J connectivity index is 2.97. The van der Waals surface area contributed by atoms with Crippen molar-refractivity contribution in [2.24, 2.45) is 5.73 Å². The highest BCUT2D eigenvalue weighted by Gasteiger charge is 2.08. The molecule has 0 radical (unpaired) electrons. The molecule has 0 saturated heterocycles. The smallest absolute Gasteiger partial charge is 0.248 e. The Bertz CT molecular complexity index is 418. The van der Waals surface area contributed by atoms with Gasteiger partial charge in [-0.25, -0.2) is 0 Å². The normalized spacial score (nSPS) is 9.81. The fourth-order valence-corrected chi connectivity index (χ4v) is 1.41. The van der Waals surface area contributed by atoms with E-state index in [0.29, 0.717) is 5.56 Å². The molecule has 6 heteroatoms. The molecule has 1 aromatic rings. The van der Waals surface area contributed by atoms with Crippen molar-refractivity contribution < 1.29 is 9.72 Å². The minimum atomic E-state index is -0.537. The van der Waals surface area contributed by atoms with Gasteiger partial charge in [0.05, 0.1) is 0 Å². The van der Waals surface area contributed by atoms with Gasteiger partial charge in [0.2, 0.25) is 12.5 Å². The zero-order valence-corrected chi connectivity index (χ0v) is 8.90. The second kappa shape index (κ2) is 5.11. The van der Waals surface area contributed by atoms with Crippen LogP contribution in [0.15, 0.2) is 18.2 Å². The Morgan fingerprint density at radius 3 is 2.75 bits per heavy atom. The highest BCUT2D eigenvalue weighted by atomic mass is 16.6. The number of nitrogens with two attached hydrogens (primary N) is 1. The van der Waals surface area contributed by atoms with Crippen LogP contribution < -0.4 is 11.1 Å². The molecule has 16 heavy (non-hydrogen) atoms. The fourth-order valence-electron chi connectivity index (χ4n) is 1.41. The van der Waals surface area contributed by atoms with Crippen LogP contribution in [0, 0.1) is 10.1 Å². The zero-order valence-electron chi connectivity index (χ0n) is 8.90. The van der Waals surface area contributed by atoms with Crippen molar-refractivity contribution >= 4 is 11.6 Å². The molecule has 86 valence electrons. The van der Waals surface area contributed by atoms with Crippen molar-refractivity contribution in [3.05, 3.63) is 39.4 Å². The van der Waals surface area contributed by atoms with Crippen LogP contribution in [0.4, 0.5) is 5.69 Å². The maximum Gasteiger partial charge on any atom is 0.248 e. The number of rotatable bonds is 5. The minimum Gasteiger partial charge on any atom is -0.388 e. The van der Waals surface area contributed by atoms with Crippen LogP contribution in [-0.4, -0.2) is 24.4 Å². The quantitative estimate of drug-likeness (QED) is 0.565. The van der Waals surface area contributed by atoms with Crippen LogP contribution in [0.1, 0.15) is 15.9 Å². The van der Waals surface area contributed by atoms with Gasteiger partial charge in [-0.15, -0.1) is 0 Å². The monoisotopic (exact) mass is 223 g/mol. The summed E-state index contributed by atoms with van der Waals surface area (Å²) < 4.78 is 0. The summed E-state index contributed by atoms with van der Waals surface area (Å²) in [7, 11) is 1.72. The number of hydrogen-bond donors (Lipinski definition) is 2. The molecule has 0 bridgehead atoms. The molecule has 1 rings (SSSR count). The average molecular weight is 223 g/mol. The lowest BCUT2D eigenvalue weighted by molar-refractivity contribution is -0.479. The number of benzene rings is 1. The highest BCUT2D eigenvalue weighted by Crippen LogP contribution is 2.17. The van der Waals surface area contributed by atoms with Crippen LogP contribution in [0.2, 0.25) is 0 Å². The Labute approximate surface area is 92.6 Å². The maximum atomic E-state index is 11.0. The summed E-state index contributed by atoms with van der Waals surface area (Å²) in [6, 6.07) is 4.86. The van der Waals surface area contributed by atoms with E-state index in [1.807, 2.05) is 0 Å². The summed E-state index contributed by atoms with van der Waals surface area (Å²) in [5.74, 6) is -0.537. The van der Waals surface area contributed by atoms with Crippen molar-refractivity contribution in [3.8, 4) is 0 Å². The molecule has 0 spiro atoms. The van der Waals surface area contributed by atoms with E-state index in [1.54, 1.807) is 25.2 Å². The van der Waals surface area contributed by atoms with E-state index in [9.17, 15) is 14.9 Å². The largest absolute Gasteiger partial charge is 0.388 e. The lowest BCUT2D eigenvalue weighted by Gasteiger charge is -2.08. The molecule has 0 aromatic heterocycles. The molecular formula is C10H13N3O3. The molecule has 0 aliphatic rings. The van der Waals surface area contributed by atoms with Crippen molar-refractivity contribution in [2.45, 2.75) is 6.42 Å².